The second-order valence-electron chi connectivity index (χ2n) is 5.43. The zero-order valence-corrected chi connectivity index (χ0v) is 13.0. The summed E-state index contributed by atoms with van der Waals surface area (Å²) in [5.41, 5.74) is 2.11. The Bertz CT molecular complexity index is 882. The van der Waals surface area contributed by atoms with Crippen LogP contribution in [0.4, 0.5) is 0 Å². The molecule has 0 aromatic heterocycles. The van der Waals surface area contributed by atoms with Gasteiger partial charge in [-0.1, -0.05) is 17.2 Å². The molecule has 1 heterocycles. The molecule has 0 unspecified atom stereocenters. The number of hydrogen-bond donors (Lipinski definition) is 0. The van der Waals surface area contributed by atoms with E-state index in [1.54, 1.807) is 38.1 Å². The SMILES string of the molecule is Cc1cc(C#N)cc(C)c1C(=O)ON1C(=O)c2ccccc2C1=O. The molecule has 0 radical (unpaired) electrons. The first-order valence-electron chi connectivity index (χ1n) is 7.15. The summed E-state index contributed by atoms with van der Waals surface area (Å²) < 4.78 is 0. The second-order valence-corrected chi connectivity index (χ2v) is 5.43. The molecule has 2 amide bonds. The normalized spacial score (nSPS) is 12.8. The fourth-order valence-electron chi connectivity index (χ4n) is 2.73. The first kappa shape index (κ1) is 15.4. The molecule has 6 nitrogen and oxygen atoms in total. The van der Waals surface area contributed by atoms with Gasteiger partial charge in [0, 0.05) is 0 Å². The van der Waals surface area contributed by atoms with Gasteiger partial charge in [0.15, 0.2) is 0 Å². The van der Waals surface area contributed by atoms with Gasteiger partial charge in [0.05, 0.1) is 28.3 Å². The number of fused-ring (bicyclic) bond motifs is 1. The van der Waals surface area contributed by atoms with E-state index in [2.05, 4.69) is 0 Å². The van der Waals surface area contributed by atoms with Crippen molar-refractivity contribution >= 4 is 17.8 Å². The van der Waals surface area contributed by atoms with Crippen molar-refractivity contribution in [3.8, 4) is 6.07 Å². The van der Waals surface area contributed by atoms with Gasteiger partial charge in [0.25, 0.3) is 11.8 Å². The van der Waals surface area contributed by atoms with Gasteiger partial charge in [-0.05, 0) is 49.2 Å². The number of rotatable bonds is 2. The molecule has 0 aliphatic carbocycles. The van der Waals surface area contributed by atoms with Crippen LogP contribution in [0.15, 0.2) is 36.4 Å². The lowest BCUT2D eigenvalue weighted by Crippen LogP contribution is -2.33. The van der Waals surface area contributed by atoms with Crippen LogP contribution in [0.5, 0.6) is 0 Å². The van der Waals surface area contributed by atoms with Crippen molar-refractivity contribution in [1.29, 1.82) is 5.26 Å². The van der Waals surface area contributed by atoms with E-state index in [4.69, 9.17) is 10.1 Å². The molecule has 0 saturated heterocycles. The van der Waals surface area contributed by atoms with Crippen molar-refractivity contribution in [1.82, 2.24) is 5.06 Å². The summed E-state index contributed by atoms with van der Waals surface area (Å²) in [6.45, 7) is 3.32. The lowest BCUT2D eigenvalue weighted by molar-refractivity contribution is -0.0585. The first-order chi connectivity index (χ1) is 11.4. The van der Waals surface area contributed by atoms with Crippen molar-refractivity contribution in [3.63, 3.8) is 0 Å². The summed E-state index contributed by atoms with van der Waals surface area (Å²) in [7, 11) is 0. The topological polar surface area (TPSA) is 87.5 Å². The maximum Gasteiger partial charge on any atom is 0.364 e. The fraction of sp³-hybridized carbons (Fsp3) is 0.111. The zero-order valence-electron chi connectivity index (χ0n) is 13.0. The van der Waals surface area contributed by atoms with Crippen LogP contribution in [0.25, 0.3) is 0 Å². The lowest BCUT2D eigenvalue weighted by atomic mass is 10.00. The summed E-state index contributed by atoms with van der Waals surface area (Å²) >= 11 is 0. The minimum absolute atomic E-state index is 0.198. The Hall–Kier alpha value is -3.46. The molecule has 2 aromatic carbocycles. The van der Waals surface area contributed by atoms with Gasteiger partial charge in [-0.3, -0.25) is 9.59 Å². The van der Waals surface area contributed by atoms with E-state index in [0.717, 1.165) is 0 Å². The molecule has 0 bridgehead atoms. The van der Waals surface area contributed by atoms with E-state index in [9.17, 15) is 14.4 Å². The predicted molar refractivity (Wildman–Crippen MR) is 83.0 cm³/mol. The number of imide groups is 1. The highest BCUT2D eigenvalue weighted by Crippen LogP contribution is 2.24. The van der Waals surface area contributed by atoms with Crippen LogP contribution in [-0.2, 0) is 4.84 Å². The third kappa shape index (κ3) is 2.32. The molecule has 118 valence electrons. The maximum atomic E-state index is 12.4. The Kier molecular flexibility index (Phi) is 3.62. The van der Waals surface area contributed by atoms with Crippen molar-refractivity contribution in [2.45, 2.75) is 13.8 Å². The van der Waals surface area contributed by atoms with E-state index < -0.39 is 17.8 Å². The first-order valence-corrected chi connectivity index (χ1v) is 7.15. The van der Waals surface area contributed by atoms with Crippen molar-refractivity contribution in [2.24, 2.45) is 0 Å². The van der Waals surface area contributed by atoms with Crippen LogP contribution in [0.1, 0.15) is 47.8 Å². The molecule has 0 atom stereocenters. The summed E-state index contributed by atoms with van der Waals surface area (Å²) in [6.07, 6.45) is 0. The Balaban J connectivity index is 1.91. The number of aryl methyl sites for hydroxylation is 2. The zero-order chi connectivity index (χ0) is 17.4. The Morgan fingerprint density at radius 1 is 1.04 bits per heavy atom. The number of amides is 2. The molecule has 0 spiro atoms. The molecule has 0 saturated carbocycles. The molecule has 24 heavy (non-hydrogen) atoms. The Labute approximate surface area is 137 Å². The quantitative estimate of drug-likeness (QED) is 0.794. The number of carbonyl (C=O) groups is 3. The Morgan fingerprint density at radius 3 is 2.00 bits per heavy atom. The number of nitriles is 1. The summed E-state index contributed by atoms with van der Waals surface area (Å²) in [5.74, 6) is -2.16. The van der Waals surface area contributed by atoms with Gasteiger partial charge in [0.2, 0.25) is 0 Å². The highest BCUT2D eigenvalue weighted by molar-refractivity contribution is 6.21. The molecule has 2 aromatic rings. The largest absolute Gasteiger partial charge is 0.364 e. The smallest absolute Gasteiger partial charge is 0.324 e. The van der Waals surface area contributed by atoms with Crippen LogP contribution in [0, 0.1) is 25.2 Å². The molecule has 1 aliphatic heterocycles. The number of hydrogen-bond acceptors (Lipinski definition) is 5. The van der Waals surface area contributed by atoms with Gasteiger partial charge in [-0.25, -0.2) is 4.79 Å². The van der Waals surface area contributed by atoms with Crippen LogP contribution < -0.4 is 0 Å². The maximum absolute atomic E-state index is 12.4. The average molecular weight is 320 g/mol. The van der Waals surface area contributed by atoms with Gasteiger partial charge in [-0.15, -0.1) is 0 Å². The molecule has 0 N–H and O–H groups in total. The summed E-state index contributed by atoms with van der Waals surface area (Å²) in [6, 6.07) is 11.4. The van der Waals surface area contributed by atoms with E-state index in [1.807, 2.05) is 6.07 Å². The number of nitrogens with zero attached hydrogens (tertiary/aromatic N) is 2. The van der Waals surface area contributed by atoms with Gasteiger partial charge < -0.3 is 4.84 Å². The number of benzene rings is 2. The number of hydroxylamine groups is 2. The lowest BCUT2D eigenvalue weighted by Gasteiger charge is -2.15. The van der Waals surface area contributed by atoms with Gasteiger partial charge in [-0.2, -0.15) is 5.26 Å². The summed E-state index contributed by atoms with van der Waals surface area (Å²) in [5, 5.41) is 9.43. The van der Waals surface area contributed by atoms with Crippen molar-refractivity contribution < 1.29 is 19.2 Å². The molecule has 0 fully saturated rings. The van der Waals surface area contributed by atoms with Crippen molar-refractivity contribution in [2.75, 3.05) is 0 Å². The van der Waals surface area contributed by atoms with E-state index in [1.165, 1.54) is 12.1 Å². The number of carbonyl (C=O) groups excluding carboxylic acids is 3. The standard InChI is InChI=1S/C18H12N2O4/c1-10-7-12(9-19)8-11(2)15(10)18(23)24-20-16(21)13-5-3-4-6-14(13)17(20)22/h3-8H,1-2H3. The highest BCUT2D eigenvalue weighted by atomic mass is 16.7. The van der Waals surface area contributed by atoms with Gasteiger partial charge >= 0.3 is 5.97 Å². The molecular weight excluding hydrogens is 308 g/mol. The van der Waals surface area contributed by atoms with E-state index in [0.29, 0.717) is 21.8 Å². The monoisotopic (exact) mass is 320 g/mol. The second kappa shape index (κ2) is 5.63. The minimum Gasteiger partial charge on any atom is -0.324 e. The molecular formula is C18H12N2O4. The van der Waals surface area contributed by atoms with Crippen LogP contribution in [-0.4, -0.2) is 22.8 Å². The van der Waals surface area contributed by atoms with E-state index in [-0.39, 0.29) is 16.7 Å². The highest BCUT2D eigenvalue weighted by Gasteiger charge is 2.39. The Morgan fingerprint density at radius 2 is 1.54 bits per heavy atom. The van der Waals surface area contributed by atoms with E-state index >= 15 is 0 Å². The van der Waals surface area contributed by atoms with Crippen LogP contribution in [0.3, 0.4) is 0 Å². The third-order valence-electron chi connectivity index (χ3n) is 3.80. The minimum atomic E-state index is -0.816. The average Bonchev–Trinajstić information content (AvgIpc) is 2.79. The molecule has 6 heteroatoms. The molecule has 3 rings (SSSR count). The summed E-state index contributed by atoms with van der Waals surface area (Å²) in [4.78, 5) is 41.9. The third-order valence-corrected chi connectivity index (χ3v) is 3.80. The van der Waals surface area contributed by atoms with Crippen LogP contribution >= 0.6 is 0 Å². The van der Waals surface area contributed by atoms with Crippen LogP contribution in [0.2, 0.25) is 0 Å². The predicted octanol–water partition coefficient (Wildman–Crippen LogP) is 2.54. The molecule has 1 aliphatic rings. The van der Waals surface area contributed by atoms with Crippen molar-refractivity contribution in [3.05, 3.63) is 69.8 Å². The fourth-order valence-corrected chi connectivity index (χ4v) is 2.73. The van der Waals surface area contributed by atoms with Gasteiger partial charge in [0.1, 0.15) is 0 Å².